The standard InChI is InChI=1S/C15H22FN3O2/c1-3-17-13-12(16)11(4-8-18-13)14(20)19-10-15(5-6-15)7-9-21-2/h4,8H,3,5-7,9-10H2,1-2H3,(H,17,18)(H,19,20). The molecule has 0 radical (unpaired) electrons. The molecule has 0 aromatic carbocycles. The number of nitrogens with zero attached hydrogens (tertiary/aromatic N) is 1. The number of methoxy groups -OCH3 is 1. The third kappa shape index (κ3) is 3.91. The summed E-state index contributed by atoms with van der Waals surface area (Å²) in [6.07, 6.45) is 4.52. The molecule has 1 fully saturated rings. The summed E-state index contributed by atoms with van der Waals surface area (Å²) in [4.78, 5) is 16.0. The molecule has 0 bridgehead atoms. The van der Waals surface area contributed by atoms with E-state index in [1.165, 1.54) is 12.3 Å². The van der Waals surface area contributed by atoms with Gasteiger partial charge in [0.15, 0.2) is 11.6 Å². The molecule has 1 aromatic heterocycles. The molecule has 2 rings (SSSR count). The van der Waals surface area contributed by atoms with E-state index in [1.54, 1.807) is 7.11 Å². The van der Waals surface area contributed by atoms with Crippen molar-refractivity contribution in [3.63, 3.8) is 0 Å². The molecule has 1 amide bonds. The highest BCUT2D eigenvalue weighted by Gasteiger charge is 2.42. The van der Waals surface area contributed by atoms with Crippen molar-refractivity contribution < 1.29 is 13.9 Å². The Bertz CT molecular complexity index is 504. The quantitative estimate of drug-likeness (QED) is 0.772. The van der Waals surface area contributed by atoms with Crippen LogP contribution >= 0.6 is 0 Å². The van der Waals surface area contributed by atoms with Crippen molar-refractivity contribution in [2.45, 2.75) is 26.2 Å². The first-order chi connectivity index (χ1) is 10.1. The van der Waals surface area contributed by atoms with E-state index in [4.69, 9.17) is 4.74 Å². The number of halogens is 1. The highest BCUT2D eigenvalue weighted by atomic mass is 19.1. The van der Waals surface area contributed by atoms with Gasteiger partial charge in [0, 0.05) is 33.0 Å². The fourth-order valence-electron chi connectivity index (χ4n) is 2.28. The molecule has 5 nitrogen and oxygen atoms in total. The van der Waals surface area contributed by atoms with Crippen molar-refractivity contribution >= 4 is 11.7 Å². The third-order valence-corrected chi connectivity index (χ3v) is 3.90. The fourth-order valence-corrected chi connectivity index (χ4v) is 2.28. The highest BCUT2D eigenvalue weighted by molar-refractivity contribution is 5.95. The van der Waals surface area contributed by atoms with E-state index in [9.17, 15) is 9.18 Å². The number of nitrogens with one attached hydrogen (secondary N) is 2. The Morgan fingerprint density at radius 1 is 1.52 bits per heavy atom. The summed E-state index contributed by atoms with van der Waals surface area (Å²) in [5.74, 6) is -0.873. The summed E-state index contributed by atoms with van der Waals surface area (Å²) >= 11 is 0. The van der Waals surface area contributed by atoms with Crippen molar-refractivity contribution in [1.29, 1.82) is 0 Å². The van der Waals surface area contributed by atoms with Gasteiger partial charge in [0.05, 0.1) is 5.56 Å². The van der Waals surface area contributed by atoms with Gasteiger partial charge in [-0.05, 0) is 37.7 Å². The first-order valence-corrected chi connectivity index (χ1v) is 7.27. The summed E-state index contributed by atoms with van der Waals surface area (Å²) in [7, 11) is 1.67. The van der Waals surface area contributed by atoms with Crippen LogP contribution in [0.1, 0.15) is 36.5 Å². The lowest BCUT2D eigenvalue weighted by Gasteiger charge is -2.16. The van der Waals surface area contributed by atoms with Gasteiger partial charge in [0.2, 0.25) is 0 Å². The Morgan fingerprint density at radius 2 is 2.29 bits per heavy atom. The number of amides is 1. The van der Waals surface area contributed by atoms with Crippen molar-refractivity contribution in [1.82, 2.24) is 10.3 Å². The van der Waals surface area contributed by atoms with Crippen molar-refractivity contribution in [3.05, 3.63) is 23.6 Å². The zero-order valence-electron chi connectivity index (χ0n) is 12.5. The van der Waals surface area contributed by atoms with Crippen LogP contribution in [-0.4, -0.2) is 37.7 Å². The van der Waals surface area contributed by atoms with Crippen LogP contribution in [0, 0.1) is 11.2 Å². The molecule has 0 atom stereocenters. The number of pyridine rings is 1. The lowest BCUT2D eigenvalue weighted by molar-refractivity contribution is 0.0934. The lowest BCUT2D eigenvalue weighted by Crippen LogP contribution is -2.31. The van der Waals surface area contributed by atoms with Crippen LogP contribution in [0.3, 0.4) is 0 Å². The van der Waals surface area contributed by atoms with E-state index in [-0.39, 0.29) is 16.8 Å². The molecule has 21 heavy (non-hydrogen) atoms. The van der Waals surface area contributed by atoms with Crippen LogP contribution in [0.5, 0.6) is 0 Å². The smallest absolute Gasteiger partial charge is 0.254 e. The molecule has 0 aliphatic heterocycles. The van der Waals surface area contributed by atoms with E-state index < -0.39 is 11.7 Å². The van der Waals surface area contributed by atoms with Gasteiger partial charge < -0.3 is 15.4 Å². The predicted molar refractivity (Wildman–Crippen MR) is 78.9 cm³/mol. The first-order valence-electron chi connectivity index (χ1n) is 7.27. The zero-order valence-corrected chi connectivity index (χ0v) is 12.5. The zero-order chi connectivity index (χ0) is 15.3. The van der Waals surface area contributed by atoms with Crippen LogP contribution in [0.2, 0.25) is 0 Å². The SMILES string of the molecule is CCNc1nccc(C(=O)NCC2(CCOC)CC2)c1F. The second-order valence-electron chi connectivity index (χ2n) is 5.48. The average molecular weight is 295 g/mol. The molecule has 0 spiro atoms. The van der Waals surface area contributed by atoms with E-state index in [0.717, 1.165) is 19.3 Å². The molecular formula is C15H22FN3O2. The molecule has 1 heterocycles. The molecule has 2 N–H and O–H groups in total. The molecule has 6 heteroatoms. The first kappa shape index (κ1) is 15.7. The van der Waals surface area contributed by atoms with Gasteiger partial charge in [-0.3, -0.25) is 4.79 Å². The Kier molecular flexibility index (Phi) is 5.12. The Balaban J connectivity index is 1.96. The maximum absolute atomic E-state index is 14.1. The summed E-state index contributed by atoms with van der Waals surface area (Å²) in [6, 6.07) is 1.40. The minimum atomic E-state index is -0.599. The van der Waals surface area contributed by atoms with Gasteiger partial charge in [0.25, 0.3) is 5.91 Å². The maximum Gasteiger partial charge on any atom is 0.254 e. The number of anilines is 1. The number of carbonyl (C=O) groups is 1. The topological polar surface area (TPSA) is 63.2 Å². The molecule has 1 saturated carbocycles. The van der Waals surface area contributed by atoms with Crippen LogP contribution < -0.4 is 10.6 Å². The van der Waals surface area contributed by atoms with Crippen LogP contribution in [0.4, 0.5) is 10.2 Å². The Labute approximate surface area is 124 Å². The number of rotatable bonds is 8. The normalized spacial score (nSPS) is 15.6. The van der Waals surface area contributed by atoms with Gasteiger partial charge in [-0.15, -0.1) is 0 Å². The van der Waals surface area contributed by atoms with E-state index >= 15 is 0 Å². The lowest BCUT2D eigenvalue weighted by atomic mass is 10.0. The van der Waals surface area contributed by atoms with Gasteiger partial charge in [-0.2, -0.15) is 0 Å². The van der Waals surface area contributed by atoms with Crippen LogP contribution in [0.15, 0.2) is 12.3 Å². The number of aromatic nitrogens is 1. The Hall–Kier alpha value is -1.69. The summed E-state index contributed by atoms with van der Waals surface area (Å²) in [5, 5.41) is 5.63. The average Bonchev–Trinajstić information content (AvgIpc) is 3.26. The molecule has 1 aromatic rings. The highest BCUT2D eigenvalue weighted by Crippen LogP contribution is 2.48. The molecular weight excluding hydrogens is 273 g/mol. The van der Waals surface area contributed by atoms with Gasteiger partial charge >= 0.3 is 0 Å². The van der Waals surface area contributed by atoms with Crippen LogP contribution in [-0.2, 0) is 4.74 Å². The van der Waals surface area contributed by atoms with Gasteiger partial charge in [0.1, 0.15) is 0 Å². The van der Waals surface area contributed by atoms with E-state index in [0.29, 0.717) is 19.7 Å². The number of hydrogen-bond acceptors (Lipinski definition) is 4. The molecule has 1 aliphatic carbocycles. The monoisotopic (exact) mass is 295 g/mol. The number of ether oxygens (including phenoxy) is 1. The van der Waals surface area contributed by atoms with Crippen LogP contribution in [0.25, 0.3) is 0 Å². The summed E-state index contributed by atoms with van der Waals surface area (Å²) in [5.41, 5.74) is 0.170. The minimum Gasteiger partial charge on any atom is -0.385 e. The van der Waals surface area contributed by atoms with Crippen molar-refractivity contribution in [3.8, 4) is 0 Å². The number of hydrogen-bond donors (Lipinski definition) is 2. The second kappa shape index (κ2) is 6.85. The van der Waals surface area contributed by atoms with Crippen molar-refractivity contribution in [2.75, 3.05) is 32.1 Å². The Morgan fingerprint density at radius 3 is 2.90 bits per heavy atom. The molecule has 1 aliphatic rings. The fraction of sp³-hybridized carbons (Fsp3) is 0.600. The van der Waals surface area contributed by atoms with Crippen molar-refractivity contribution in [2.24, 2.45) is 5.41 Å². The largest absolute Gasteiger partial charge is 0.385 e. The molecule has 0 unspecified atom stereocenters. The van der Waals surface area contributed by atoms with Gasteiger partial charge in [-0.25, -0.2) is 9.37 Å². The van der Waals surface area contributed by atoms with E-state index in [1.807, 2.05) is 6.92 Å². The summed E-state index contributed by atoms with van der Waals surface area (Å²) < 4.78 is 19.2. The molecule has 116 valence electrons. The third-order valence-electron chi connectivity index (χ3n) is 3.90. The minimum absolute atomic E-state index is 0.0310. The second-order valence-corrected chi connectivity index (χ2v) is 5.48. The summed E-state index contributed by atoms with van der Waals surface area (Å²) in [6.45, 7) is 3.65. The van der Waals surface area contributed by atoms with Gasteiger partial charge in [-0.1, -0.05) is 0 Å². The number of carbonyl (C=O) groups excluding carboxylic acids is 1. The maximum atomic E-state index is 14.1. The van der Waals surface area contributed by atoms with E-state index in [2.05, 4.69) is 15.6 Å². The molecule has 0 saturated heterocycles. The predicted octanol–water partition coefficient (Wildman–Crippen LogP) is 2.20.